The van der Waals surface area contributed by atoms with Gasteiger partial charge in [0.15, 0.2) is 5.78 Å². The lowest BCUT2D eigenvalue weighted by molar-refractivity contribution is 0.0966. The Hall–Kier alpha value is -1.54. The van der Waals surface area contributed by atoms with Gasteiger partial charge in [-0.05, 0) is 36.0 Å². The van der Waals surface area contributed by atoms with Crippen LogP contribution < -0.4 is 0 Å². The third-order valence-electron chi connectivity index (χ3n) is 4.79. The zero-order chi connectivity index (χ0) is 14.2. The van der Waals surface area contributed by atoms with E-state index >= 15 is 0 Å². The molecule has 2 aromatic rings. The second-order valence-electron chi connectivity index (χ2n) is 5.98. The van der Waals surface area contributed by atoms with Gasteiger partial charge in [-0.2, -0.15) is 0 Å². The summed E-state index contributed by atoms with van der Waals surface area (Å²) in [6.45, 7) is 0. The summed E-state index contributed by atoms with van der Waals surface area (Å²) in [7, 11) is 0. The Balaban J connectivity index is 1.70. The fourth-order valence-electron chi connectivity index (χ4n) is 3.36. The molecule has 1 heterocycles. The summed E-state index contributed by atoms with van der Waals surface area (Å²) >= 11 is 1.81. The van der Waals surface area contributed by atoms with E-state index in [0.717, 1.165) is 11.3 Å². The summed E-state index contributed by atoms with van der Waals surface area (Å²) in [6, 6.07) is 16.6. The van der Waals surface area contributed by atoms with Crippen LogP contribution in [-0.2, 0) is 0 Å². The van der Waals surface area contributed by atoms with Crippen molar-refractivity contribution in [2.24, 2.45) is 0 Å². The molecule has 1 fully saturated rings. The Kier molecular flexibility index (Phi) is 3.34. The molecule has 0 amide bonds. The standard InChI is InChI=1S/C19H18OS/c20-19(17-12-21-18-11-4-3-9-15(17)18)16-10-2-1-8-14(16)13-6-5-7-13/h1-4,8-11,13,17H,5-7,12H2. The van der Waals surface area contributed by atoms with Crippen molar-refractivity contribution in [3.63, 3.8) is 0 Å². The van der Waals surface area contributed by atoms with E-state index in [1.807, 2.05) is 30.0 Å². The SMILES string of the molecule is O=C(c1ccccc1C1CCC1)C1CSc2ccccc21. The van der Waals surface area contributed by atoms with Crippen LogP contribution in [0.2, 0.25) is 0 Å². The van der Waals surface area contributed by atoms with Crippen LogP contribution in [0.4, 0.5) is 0 Å². The first-order chi connectivity index (χ1) is 10.3. The van der Waals surface area contributed by atoms with Crippen LogP contribution in [0.15, 0.2) is 53.4 Å². The highest BCUT2D eigenvalue weighted by Crippen LogP contribution is 2.43. The quantitative estimate of drug-likeness (QED) is 0.739. The average Bonchev–Trinajstić information content (AvgIpc) is 2.89. The Bertz CT molecular complexity index is 687. The summed E-state index contributed by atoms with van der Waals surface area (Å²) in [5, 5.41) is 0. The number of carbonyl (C=O) groups excluding carboxylic acids is 1. The summed E-state index contributed by atoms with van der Waals surface area (Å²) in [5.74, 6) is 1.84. The third kappa shape index (κ3) is 2.22. The maximum absolute atomic E-state index is 13.1. The molecule has 1 saturated carbocycles. The van der Waals surface area contributed by atoms with Crippen molar-refractivity contribution < 1.29 is 4.79 Å². The molecule has 21 heavy (non-hydrogen) atoms. The van der Waals surface area contributed by atoms with Gasteiger partial charge in [-0.25, -0.2) is 0 Å². The lowest BCUT2D eigenvalue weighted by Crippen LogP contribution is -2.18. The predicted molar refractivity (Wildman–Crippen MR) is 87.3 cm³/mol. The minimum absolute atomic E-state index is 0.0347. The van der Waals surface area contributed by atoms with Crippen molar-refractivity contribution in [2.45, 2.75) is 36.0 Å². The maximum Gasteiger partial charge on any atom is 0.171 e. The number of carbonyl (C=O) groups is 1. The number of rotatable bonds is 3. The molecule has 1 aliphatic carbocycles. The fourth-order valence-corrected chi connectivity index (χ4v) is 4.59. The van der Waals surface area contributed by atoms with Crippen LogP contribution in [0.3, 0.4) is 0 Å². The van der Waals surface area contributed by atoms with Gasteiger partial charge in [0.2, 0.25) is 0 Å². The largest absolute Gasteiger partial charge is 0.293 e. The number of Topliss-reactive ketones (excluding diaryl/α,β-unsaturated/α-hetero) is 1. The van der Waals surface area contributed by atoms with Crippen LogP contribution in [0, 0.1) is 0 Å². The molecule has 1 unspecified atom stereocenters. The van der Waals surface area contributed by atoms with Crippen LogP contribution in [0.5, 0.6) is 0 Å². The third-order valence-corrected chi connectivity index (χ3v) is 5.97. The second-order valence-corrected chi connectivity index (χ2v) is 7.04. The topological polar surface area (TPSA) is 17.1 Å². The van der Waals surface area contributed by atoms with E-state index in [0.29, 0.717) is 11.7 Å². The van der Waals surface area contributed by atoms with Crippen molar-refractivity contribution in [3.8, 4) is 0 Å². The van der Waals surface area contributed by atoms with Crippen LogP contribution >= 0.6 is 11.8 Å². The van der Waals surface area contributed by atoms with Gasteiger partial charge in [0.1, 0.15) is 0 Å². The van der Waals surface area contributed by atoms with Crippen molar-refractivity contribution in [3.05, 3.63) is 65.2 Å². The molecule has 0 radical (unpaired) electrons. The molecule has 1 nitrogen and oxygen atoms in total. The summed E-state index contributed by atoms with van der Waals surface area (Å²) in [5.41, 5.74) is 3.46. The molecule has 2 heteroatoms. The minimum atomic E-state index is 0.0347. The van der Waals surface area contributed by atoms with Gasteiger partial charge >= 0.3 is 0 Å². The van der Waals surface area contributed by atoms with Crippen molar-refractivity contribution >= 4 is 17.5 Å². The van der Waals surface area contributed by atoms with Gasteiger partial charge in [0.05, 0.1) is 5.92 Å². The molecule has 0 bridgehead atoms. The molecule has 0 N–H and O–H groups in total. The van der Waals surface area contributed by atoms with E-state index in [-0.39, 0.29) is 5.92 Å². The lowest BCUT2D eigenvalue weighted by Gasteiger charge is -2.28. The van der Waals surface area contributed by atoms with Gasteiger partial charge in [-0.3, -0.25) is 4.79 Å². The van der Waals surface area contributed by atoms with Crippen molar-refractivity contribution in [2.75, 3.05) is 5.75 Å². The smallest absolute Gasteiger partial charge is 0.171 e. The number of thioether (sulfide) groups is 1. The highest BCUT2D eigenvalue weighted by molar-refractivity contribution is 7.99. The predicted octanol–water partition coefficient (Wildman–Crippen LogP) is 5.03. The Labute approximate surface area is 129 Å². The lowest BCUT2D eigenvalue weighted by atomic mass is 9.76. The minimum Gasteiger partial charge on any atom is -0.293 e. The molecule has 0 aromatic heterocycles. The molecule has 2 aromatic carbocycles. The van der Waals surface area contributed by atoms with Gasteiger partial charge in [-0.15, -0.1) is 11.8 Å². The van der Waals surface area contributed by atoms with E-state index in [1.165, 1.54) is 35.3 Å². The van der Waals surface area contributed by atoms with E-state index in [1.54, 1.807) is 0 Å². The van der Waals surface area contributed by atoms with E-state index in [9.17, 15) is 4.79 Å². The van der Waals surface area contributed by atoms with Gasteiger partial charge in [0.25, 0.3) is 0 Å². The van der Waals surface area contributed by atoms with Crippen molar-refractivity contribution in [1.82, 2.24) is 0 Å². The Morgan fingerprint density at radius 1 is 0.952 bits per heavy atom. The monoisotopic (exact) mass is 294 g/mol. The van der Waals surface area contributed by atoms with Gasteiger partial charge in [0, 0.05) is 16.2 Å². The Morgan fingerprint density at radius 2 is 1.67 bits per heavy atom. The average molecular weight is 294 g/mol. The van der Waals surface area contributed by atoms with Crippen LogP contribution in [-0.4, -0.2) is 11.5 Å². The van der Waals surface area contributed by atoms with Crippen molar-refractivity contribution in [1.29, 1.82) is 0 Å². The Morgan fingerprint density at radius 3 is 2.43 bits per heavy atom. The summed E-state index contributed by atoms with van der Waals surface area (Å²) < 4.78 is 0. The fraction of sp³-hybridized carbons (Fsp3) is 0.316. The van der Waals surface area contributed by atoms with Gasteiger partial charge in [-0.1, -0.05) is 48.9 Å². The molecule has 0 spiro atoms. The summed E-state index contributed by atoms with van der Waals surface area (Å²) in [6.07, 6.45) is 3.77. The zero-order valence-corrected chi connectivity index (χ0v) is 12.7. The molecule has 106 valence electrons. The zero-order valence-electron chi connectivity index (χ0n) is 11.9. The van der Waals surface area contributed by atoms with E-state index in [2.05, 4.69) is 30.3 Å². The highest BCUT2D eigenvalue weighted by Gasteiger charge is 2.32. The van der Waals surface area contributed by atoms with Crippen LogP contribution in [0.1, 0.15) is 52.6 Å². The normalized spacial score (nSPS) is 20.9. The molecule has 1 aliphatic heterocycles. The first-order valence-corrected chi connectivity index (χ1v) is 8.68. The van der Waals surface area contributed by atoms with Gasteiger partial charge < -0.3 is 0 Å². The first kappa shape index (κ1) is 13.1. The maximum atomic E-state index is 13.1. The molecular formula is C19H18OS. The molecule has 2 aliphatic rings. The second kappa shape index (κ2) is 5.34. The number of benzene rings is 2. The molecule has 1 atom stereocenters. The number of hydrogen-bond acceptors (Lipinski definition) is 2. The molecule has 0 saturated heterocycles. The summed E-state index contributed by atoms with van der Waals surface area (Å²) in [4.78, 5) is 14.3. The first-order valence-electron chi connectivity index (χ1n) is 7.69. The number of fused-ring (bicyclic) bond motifs is 1. The van der Waals surface area contributed by atoms with E-state index < -0.39 is 0 Å². The molecular weight excluding hydrogens is 276 g/mol. The van der Waals surface area contributed by atoms with E-state index in [4.69, 9.17) is 0 Å². The number of hydrogen-bond donors (Lipinski definition) is 0. The number of ketones is 1. The molecule has 4 rings (SSSR count). The highest BCUT2D eigenvalue weighted by atomic mass is 32.2. The van der Waals surface area contributed by atoms with Crippen LogP contribution in [0.25, 0.3) is 0 Å².